The maximum absolute atomic E-state index is 11.5. The Morgan fingerprint density at radius 2 is 1.71 bits per heavy atom. The molecule has 4 heteroatoms. The summed E-state index contributed by atoms with van der Waals surface area (Å²) >= 11 is 0. The number of amides is 1. The molecule has 0 heterocycles. The zero-order valence-electron chi connectivity index (χ0n) is 12.1. The molecule has 0 aliphatic carbocycles. The molecule has 0 aliphatic heterocycles. The average molecular weight is 244 g/mol. The monoisotopic (exact) mass is 244 g/mol. The van der Waals surface area contributed by atoms with Crippen molar-refractivity contribution >= 4 is 5.91 Å². The second kappa shape index (κ2) is 6.36. The quantitative estimate of drug-likeness (QED) is 0.683. The summed E-state index contributed by atoms with van der Waals surface area (Å²) in [5.41, 5.74) is -0.0996. The van der Waals surface area contributed by atoms with Gasteiger partial charge in [0.2, 0.25) is 5.91 Å². The molecule has 0 saturated heterocycles. The summed E-state index contributed by atoms with van der Waals surface area (Å²) in [5, 5.41) is 15.6. The molecular formula is C13H28N2O2. The zero-order valence-corrected chi connectivity index (χ0v) is 12.1. The number of rotatable bonds is 5. The minimum absolute atomic E-state index is 0.0412. The van der Waals surface area contributed by atoms with Crippen LogP contribution in [-0.2, 0) is 4.79 Å². The molecule has 0 radical (unpaired) electrons. The van der Waals surface area contributed by atoms with Crippen LogP contribution in [0.15, 0.2) is 0 Å². The molecule has 0 spiro atoms. The van der Waals surface area contributed by atoms with Crippen LogP contribution < -0.4 is 10.6 Å². The zero-order chi connectivity index (χ0) is 13.7. The maximum atomic E-state index is 11.5. The van der Waals surface area contributed by atoms with E-state index in [2.05, 4.69) is 31.4 Å². The van der Waals surface area contributed by atoms with Crippen LogP contribution >= 0.6 is 0 Å². The molecule has 0 aromatic rings. The number of nitrogens with one attached hydrogen (secondary N) is 2. The number of hydrogen-bond donors (Lipinski definition) is 3. The third-order valence-electron chi connectivity index (χ3n) is 2.03. The number of aliphatic hydroxyl groups excluding tert-OH is 1. The SMILES string of the molecule is CC(C)(C)CC(O)CNCC(=O)NC(C)(C)C. The van der Waals surface area contributed by atoms with Crippen LogP contribution in [0.4, 0.5) is 0 Å². The molecule has 1 unspecified atom stereocenters. The Morgan fingerprint density at radius 3 is 2.12 bits per heavy atom. The second-order valence-electron chi connectivity index (χ2n) is 6.85. The van der Waals surface area contributed by atoms with Gasteiger partial charge < -0.3 is 15.7 Å². The first-order valence-electron chi connectivity index (χ1n) is 6.19. The third-order valence-corrected chi connectivity index (χ3v) is 2.03. The first-order chi connectivity index (χ1) is 7.49. The molecule has 102 valence electrons. The molecule has 0 rings (SSSR count). The Labute approximate surface area is 105 Å². The Hall–Kier alpha value is -0.610. The van der Waals surface area contributed by atoms with E-state index in [0.29, 0.717) is 6.54 Å². The van der Waals surface area contributed by atoms with Crippen molar-refractivity contribution in [2.24, 2.45) is 5.41 Å². The molecule has 0 aliphatic rings. The molecule has 1 amide bonds. The molecule has 0 aromatic carbocycles. The second-order valence-corrected chi connectivity index (χ2v) is 6.85. The number of carbonyl (C=O) groups excluding carboxylic acids is 1. The van der Waals surface area contributed by atoms with Crippen molar-refractivity contribution in [3.63, 3.8) is 0 Å². The highest BCUT2D eigenvalue weighted by molar-refractivity contribution is 5.78. The Balaban J connectivity index is 3.74. The Morgan fingerprint density at radius 1 is 1.18 bits per heavy atom. The lowest BCUT2D eigenvalue weighted by molar-refractivity contribution is -0.121. The van der Waals surface area contributed by atoms with Crippen molar-refractivity contribution in [1.82, 2.24) is 10.6 Å². The first kappa shape index (κ1) is 16.4. The third kappa shape index (κ3) is 11.6. The van der Waals surface area contributed by atoms with Crippen molar-refractivity contribution in [2.75, 3.05) is 13.1 Å². The highest BCUT2D eigenvalue weighted by Crippen LogP contribution is 2.20. The van der Waals surface area contributed by atoms with E-state index in [9.17, 15) is 9.90 Å². The van der Waals surface area contributed by atoms with Gasteiger partial charge in [0.05, 0.1) is 12.6 Å². The van der Waals surface area contributed by atoms with Gasteiger partial charge in [-0.2, -0.15) is 0 Å². The Kier molecular flexibility index (Phi) is 6.13. The summed E-state index contributed by atoms with van der Waals surface area (Å²) in [5.74, 6) is -0.0412. The highest BCUT2D eigenvalue weighted by atomic mass is 16.3. The van der Waals surface area contributed by atoms with Gasteiger partial charge >= 0.3 is 0 Å². The number of aliphatic hydroxyl groups is 1. The maximum Gasteiger partial charge on any atom is 0.234 e. The van der Waals surface area contributed by atoms with E-state index in [1.54, 1.807) is 0 Å². The van der Waals surface area contributed by atoms with E-state index in [0.717, 1.165) is 6.42 Å². The first-order valence-corrected chi connectivity index (χ1v) is 6.19. The summed E-state index contributed by atoms with van der Waals surface area (Å²) < 4.78 is 0. The van der Waals surface area contributed by atoms with E-state index in [1.807, 2.05) is 20.8 Å². The van der Waals surface area contributed by atoms with Gasteiger partial charge in [0.1, 0.15) is 0 Å². The molecule has 0 aromatic heterocycles. The highest BCUT2D eigenvalue weighted by Gasteiger charge is 2.17. The van der Waals surface area contributed by atoms with Crippen LogP contribution in [0.1, 0.15) is 48.0 Å². The van der Waals surface area contributed by atoms with Crippen LogP contribution in [0.2, 0.25) is 0 Å². The van der Waals surface area contributed by atoms with E-state index in [1.165, 1.54) is 0 Å². The fraction of sp³-hybridized carbons (Fsp3) is 0.923. The molecule has 4 nitrogen and oxygen atoms in total. The average Bonchev–Trinajstić information content (AvgIpc) is 1.95. The topological polar surface area (TPSA) is 61.4 Å². The fourth-order valence-corrected chi connectivity index (χ4v) is 1.59. The minimum atomic E-state index is -0.405. The van der Waals surface area contributed by atoms with Gasteiger partial charge in [0.15, 0.2) is 0 Å². The van der Waals surface area contributed by atoms with E-state index in [4.69, 9.17) is 0 Å². The summed E-state index contributed by atoms with van der Waals surface area (Å²) in [6, 6.07) is 0. The van der Waals surface area contributed by atoms with Gasteiger partial charge in [-0.05, 0) is 32.6 Å². The molecule has 0 bridgehead atoms. The minimum Gasteiger partial charge on any atom is -0.392 e. The molecular weight excluding hydrogens is 216 g/mol. The van der Waals surface area contributed by atoms with Crippen LogP contribution in [0.3, 0.4) is 0 Å². The van der Waals surface area contributed by atoms with Gasteiger partial charge in [-0.1, -0.05) is 20.8 Å². The van der Waals surface area contributed by atoms with Gasteiger partial charge in [0.25, 0.3) is 0 Å². The molecule has 0 saturated carbocycles. The smallest absolute Gasteiger partial charge is 0.234 e. The lowest BCUT2D eigenvalue weighted by Crippen LogP contribution is -2.46. The van der Waals surface area contributed by atoms with Crippen molar-refractivity contribution in [3.8, 4) is 0 Å². The van der Waals surface area contributed by atoms with Crippen molar-refractivity contribution in [1.29, 1.82) is 0 Å². The van der Waals surface area contributed by atoms with E-state index in [-0.39, 0.29) is 23.4 Å². The van der Waals surface area contributed by atoms with E-state index < -0.39 is 6.10 Å². The normalized spacial score (nSPS) is 14.5. The van der Waals surface area contributed by atoms with Gasteiger partial charge in [-0.15, -0.1) is 0 Å². The van der Waals surface area contributed by atoms with Crippen LogP contribution in [0.5, 0.6) is 0 Å². The number of carbonyl (C=O) groups is 1. The van der Waals surface area contributed by atoms with Crippen LogP contribution in [-0.4, -0.2) is 35.7 Å². The number of hydrogen-bond acceptors (Lipinski definition) is 3. The summed E-state index contributed by atoms with van der Waals surface area (Å²) in [4.78, 5) is 11.5. The standard InChI is InChI=1S/C13H28N2O2/c1-12(2,3)7-10(16)8-14-9-11(17)15-13(4,5)6/h10,14,16H,7-9H2,1-6H3,(H,15,17). The summed E-state index contributed by atoms with van der Waals surface area (Å²) in [7, 11) is 0. The summed E-state index contributed by atoms with van der Waals surface area (Å²) in [6.07, 6.45) is 0.318. The van der Waals surface area contributed by atoms with Crippen molar-refractivity contribution in [2.45, 2.75) is 59.6 Å². The van der Waals surface area contributed by atoms with Crippen molar-refractivity contribution in [3.05, 3.63) is 0 Å². The molecule has 17 heavy (non-hydrogen) atoms. The lowest BCUT2D eigenvalue weighted by Gasteiger charge is -2.23. The van der Waals surface area contributed by atoms with E-state index >= 15 is 0 Å². The lowest BCUT2D eigenvalue weighted by atomic mass is 9.89. The van der Waals surface area contributed by atoms with Gasteiger partial charge in [-0.25, -0.2) is 0 Å². The fourth-order valence-electron chi connectivity index (χ4n) is 1.59. The van der Waals surface area contributed by atoms with Gasteiger partial charge in [0, 0.05) is 12.1 Å². The van der Waals surface area contributed by atoms with Crippen LogP contribution in [0.25, 0.3) is 0 Å². The van der Waals surface area contributed by atoms with Gasteiger partial charge in [-0.3, -0.25) is 4.79 Å². The molecule has 1 atom stereocenters. The predicted octanol–water partition coefficient (Wildman–Crippen LogP) is 1.29. The molecule has 3 N–H and O–H groups in total. The van der Waals surface area contributed by atoms with Crippen molar-refractivity contribution < 1.29 is 9.90 Å². The molecule has 0 fully saturated rings. The predicted molar refractivity (Wildman–Crippen MR) is 70.8 cm³/mol. The van der Waals surface area contributed by atoms with Crippen LogP contribution in [0, 0.1) is 5.41 Å². The summed E-state index contributed by atoms with van der Waals surface area (Å²) in [6.45, 7) is 12.8. The Bertz CT molecular complexity index is 239. The largest absolute Gasteiger partial charge is 0.392 e.